The third-order valence-corrected chi connectivity index (χ3v) is 5.23. The minimum atomic E-state index is -0.421. The maximum Gasteiger partial charge on any atom is 0.248 e. The fourth-order valence-electron chi connectivity index (χ4n) is 3.27. The average Bonchev–Trinajstić information content (AvgIpc) is 3.15. The van der Waals surface area contributed by atoms with E-state index in [1.54, 1.807) is 12.1 Å². The van der Waals surface area contributed by atoms with E-state index in [2.05, 4.69) is 60.7 Å². The monoisotopic (exact) mass is 571 g/mol. The molecule has 0 spiro atoms. The smallest absolute Gasteiger partial charge is 0.248 e. The second-order valence-electron chi connectivity index (χ2n) is 6.81. The van der Waals surface area contributed by atoms with Crippen LogP contribution in [0.3, 0.4) is 0 Å². The molecule has 29 heavy (non-hydrogen) atoms. The van der Waals surface area contributed by atoms with Crippen molar-refractivity contribution in [3.8, 4) is 0 Å². The van der Waals surface area contributed by atoms with Gasteiger partial charge in [-0.15, -0.1) is 24.0 Å². The lowest BCUT2D eigenvalue weighted by molar-refractivity contribution is 0.1000. The van der Waals surface area contributed by atoms with Crippen molar-refractivity contribution in [3.05, 3.63) is 64.1 Å². The summed E-state index contributed by atoms with van der Waals surface area (Å²) < 4.78 is 1.09. The van der Waals surface area contributed by atoms with Gasteiger partial charge in [-0.1, -0.05) is 28.1 Å². The zero-order valence-electron chi connectivity index (χ0n) is 16.4. The molecule has 8 heteroatoms. The van der Waals surface area contributed by atoms with Crippen LogP contribution in [-0.2, 0) is 6.54 Å². The predicted octanol–water partition coefficient (Wildman–Crippen LogP) is 3.50. The first-order valence-corrected chi connectivity index (χ1v) is 10.3. The van der Waals surface area contributed by atoms with Crippen LogP contribution in [0.1, 0.15) is 29.3 Å². The van der Waals surface area contributed by atoms with Gasteiger partial charge in [-0.2, -0.15) is 0 Å². The zero-order chi connectivity index (χ0) is 19.9. The number of amides is 1. The minimum Gasteiger partial charge on any atom is -0.369 e. The number of nitrogens with one attached hydrogen (secondary N) is 2. The van der Waals surface area contributed by atoms with E-state index in [1.165, 1.54) is 5.69 Å². The molecule has 0 aromatic heterocycles. The minimum absolute atomic E-state index is 0. The van der Waals surface area contributed by atoms with Crippen LogP contribution in [0.5, 0.6) is 0 Å². The van der Waals surface area contributed by atoms with Crippen LogP contribution in [-0.4, -0.2) is 37.5 Å². The van der Waals surface area contributed by atoms with Crippen LogP contribution < -0.4 is 21.3 Å². The Balaban J connectivity index is 0.00000300. The zero-order valence-corrected chi connectivity index (χ0v) is 20.3. The summed E-state index contributed by atoms with van der Waals surface area (Å²) >= 11 is 3.48. The van der Waals surface area contributed by atoms with Crippen LogP contribution in [0.2, 0.25) is 0 Å². The van der Waals surface area contributed by atoms with E-state index in [0.29, 0.717) is 18.2 Å². The maximum absolute atomic E-state index is 11.3. The summed E-state index contributed by atoms with van der Waals surface area (Å²) in [5.41, 5.74) is 8.05. The normalized spacial score (nSPS) is 16.3. The molecule has 1 unspecified atom stereocenters. The molecule has 1 atom stereocenters. The number of nitrogens with two attached hydrogens (primary N) is 1. The second kappa shape index (κ2) is 11.4. The second-order valence-corrected chi connectivity index (χ2v) is 7.73. The predicted molar refractivity (Wildman–Crippen MR) is 133 cm³/mol. The van der Waals surface area contributed by atoms with Crippen molar-refractivity contribution in [2.24, 2.45) is 10.7 Å². The van der Waals surface area contributed by atoms with Gasteiger partial charge in [-0.05, 0) is 55.3 Å². The van der Waals surface area contributed by atoms with E-state index in [-0.39, 0.29) is 24.0 Å². The quantitative estimate of drug-likeness (QED) is 0.281. The van der Waals surface area contributed by atoms with Crippen LogP contribution in [0, 0.1) is 0 Å². The Morgan fingerprint density at radius 2 is 2.03 bits per heavy atom. The molecule has 2 aromatic carbocycles. The molecule has 6 nitrogen and oxygen atoms in total. The number of primary amides is 1. The Morgan fingerprint density at radius 1 is 1.28 bits per heavy atom. The molecule has 1 amide bonds. The molecule has 2 aromatic rings. The molecule has 1 saturated heterocycles. The fraction of sp³-hybridized carbons (Fsp3) is 0.333. The van der Waals surface area contributed by atoms with Gasteiger partial charge >= 0.3 is 0 Å². The number of nitrogens with zero attached hydrogens (tertiary/aromatic N) is 2. The highest BCUT2D eigenvalue weighted by atomic mass is 127. The highest BCUT2D eigenvalue weighted by Gasteiger charge is 2.23. The van der Waals surface area contributed by atoms with Crippen molar-refractivity contribution in [3.63, 3.8) is 0 Å². The first-order valence-electron chi connectivity index (χ1n) is 9.49. The molecule has 0 radical (unpaired) electrons. The molecule has 3 rings (SSSR count). The first-order chi connectivity index (χ1) is 13.5. The van der Waals surface area contributed by atoms with Gasteiger partial charge in [0.05, 0.1) is 6.54 Å². The van der Waals surface area contributed by atoms with Gasteiger partial charge in [0.1, 0.15) is 0 Å². The molecule has 1 aliphatic heterocycles. The summed E-state index contributed by atoms with van der Waals surface area (Å²) in [6.07, 6.45) is 1.05. The third-order valence-electron chi connectivity index (χ3n) is 4.70. The average molecular weight is 572 g/mol. The summed E-state index contributed by atoms with van der Waals surface area (Å²) in [5.74, 6) is 0.365. The molecule has 0 saturated carbocycles. The third kappa shape index (κ3) is 6.88. The SMILES string of the molecule is CCNC(=NCc1cccc(C(N)=O)c1)NC1CCN(c2ccc(Br)cc2)C1.I. The molecule has 4 N–H and O–H groups in total. The highest BCUT2D eigenvalue weighted by molar-refractivity contribution is 14.0. The van der Waals surface area contributed by atoms with Gasteiger partial charge in [0, 0.05) is 41.4 Å². The number of rotatable bonds is 6. The van der Waals surface area contributed by atoms with Crippen molar-refractivity contribution in [2.45, 2.75) is 25.9 Å². The number of carbonyl (C=O) groups excluding carboxylic acids is 1. The van der Waals surface area contributed by atoms with E-state index in [9.17, 15) is 4.79 Å². The lowest BCUT2D eigenvalue weighted by Gasteiger charge is -2.20. The maximum atomic E-state index is 11.3. The number of guanidine groups is 1. The van der Waals surface area contributed by atoms with E-state index in [0.717, 1.165) is 42.1 Å². The van der Waals surface area contributed by atoms with Crippen molar-refractivity contribution in [2.75, 3.05) is 24.5 Å². The van der Waals surface area contributed by atoms with E-state index in [4.69, 9.17) is 5.73 Å². The Bertz CT molecular complexity index is 843. The number of carbonyl (C=O) groups is 1. The lowest BCUT2D eigenvalue weighted by atomic mass is 10.1. The molecule has 0 bridgehead atoms. The van der Waals surface area contributed by atoms with Gasteiger partial charge in [0.15, 0.2) is 5.96 Å². The Labute approximate surface area is 197 Å². The molecule has 156 valence electrons. The number of hydrogen-bond acceptors (Lipinski definition) is 3. The fourth-order valence-corrected chi connectivity index (χ4v) is 3.54. The van der Waals surface area contributed by atoms with Gasteiger partial charge in [0.2, 0.25) is 5.91 Å². The van der Waals surface area contributed by atoms with E-state index in [1.807, 2.05) is 19.1 Å². The number of aliphatic imine (C=N–C) groups is 1. The molecule has 1 aliphatic rings. The molecule has 0 aliphatic carbocycles. The number of anilines is 1. The van der Waals surface area contributed by atoms with E-state index < -0.39 is 5.91 Å². The Hall–Kier alpha value is -1.81. The summed E-state index contributed by atoms with van der Waals surface area (Å²) in [7, 11) is 0. The summed E-state index contributed by atoms with van der Waals surface area (Å²) in [6.45, 7) is 5.27. The van der Waals surface area contributed by atoms with Gasteiger partial charge < -0.3 is 21.3 Å². The van der Waals surface area contributed by atoms with E-state index >= 15 is 0 Å². The topological polar surface area (TPSA) is 82.7 Å². The molecular formula is C21H27BrIN5O. The molecule has 1 fully saturated rings. The standard InChI is InChI=1S/C21H26BrN5O.HI/c1-2-24-21(25-13-15-4-3-5-16(12-15)20(23)28)26-18-10-11-27(14-18)19-8-6-17(22)7-9-19;/h3-9,12,18H,2,10-11,13-14H2,1H3,(H2,23,28)(H2,24,25,26);1H. The van der Waals surface area contributed by atoms with Crippen LogP contribution >= 0.6 is 39.9 Å². The number of benzene rings is 2. The van der Waals surface area contributed by atoms with Gasteiger partial charge in [0.25, 0.3) is 0 Å². The summed E-state index contributed by atoms with van der Waals surface area (Å²) in [5, 5.41) is 6.83. The molecular weight excluding hydrogens is 545 g/mol. The van der Waals surface area contributed by atoms with Crippen molar-refractivity contribution >= 4 is 57.5 Å². The van der Waals surface area contributed by atoms with Crippen LogP contribution in [0.25, 0.3) is 0 Å². The van der Waals surface area contributed by atoms with Crippen LogP contribution in [0.15, 0.2) is 58.0 Å². The Morgan fingerprint density at radius 3 is 2.72 bits per heavy atom. The Kier molecular flexibility index (Phi) is 9.22. The first kappa shape index (κ1) is 23.5. The molecule has 1 heterocycles. The van der Waals surface area contributed by atoms with Gasteiger partial charge in [-0.3, -0.25) is 4.79 Å². The largest absolute Gasteiger partial charge is 0.369 e. The highest BCUT2D eigenvalue weighted by Crippen LogP contribution is 2.22. The van der Waals surface area contributed by atoms with Gasteiger partial charge in [-0.25, -0.2) is 4.99 Å². The van der Waals surface area contributed by atoms with Crippen molar-refractivity contribution < 1.29 is 4.79 Å². The summed E-state index contributed by atoms with van der Waals surface area (Å²) in [4.78, 5) is 18.4. The van der Waals surface area contributed by atoms with Crippen molar-refractivity contribution in [1.29, 1.82) is 0 Å². The lowest BCUT2D eigenvalue weighted by Crippen LogP contribution is -2.44. The van der Waals surface area contributed by atoms with Crippen molar-refractivity contribution in [1.82, 2.24) is 10.6 Å². The number of halogens is 2. The van der Waals surface area contributed by atoms with Crippen LogP contribution in [0.4, 0.5) is 5.69 Å². The summed E-state index contributed by atoms with van der Waals surface area (Å²) in [6, 6.07) is 16.0. The number of hydrogen-bond donors (Lipinski definition) is 3.